The fourth-order valence-corrected chi connectivity index (χ4v) is 2.30. The number of nitrogens with zero attached hydrogens (tertiary/aromatic N) is 1. The number of aromatic amines is 1. The molecule has 0 spiro atoms. The number of hydrogen-bond acceptors (Lipinski definition) is 4. The minimum atomic E-state index is -0.346. The lowest BCUT2D eigenvalue weighted by Gasteiger charge is -2.12. The topological polar surface area (TPSA) is 64.2 Å². The summed E-state index contributed by atoms with van der Waals surface area (Å²) in [6.45, 7) is 6.25. The first-order valence-corrected chi connectivity index (χ1v) is 6.97. The van der Waals surface area contributed by atoms with Crippen LogP contribution in [-0.2, 0) is 4.74 Å². The fraction of sp³-hybridized carbons (Fsp3) is 0.375. The van der Waals surface area contributed by atoms with Crippen LogP contribution in [0.2, 0.25) is 0 Å². The predicted octanol–water partition coefficient (Wildman–Crippen LogP) is 3.39. The Morgan fingerprint density at radius 1 is 1.43 bits per heavy atom. The summed E-state index contributed by atoms with van der Waals surface area (Å²) in [7, 11) is 1.57. The number of ether oxygens (including phenoxy) is 2. The van der Waals surface area contributed by atoms with E-state index in [4.69, 9.17) is 9.47 Å². The Bertz CT molecular complexity index is 632. The third kappa shape index (κ3) is 2.91. The molecule has 0 radical (unpaired) electrons. The first-order valence-electron chi connectivity index (χ1n) is 6.97. The summed E-state index contributed by atoms with van der Waals surface area (Å²) in [4.78, 5) is 19.6. The number of H-pyrrole nitrogens is 1. The number of pyridine rings is 1. The van der Waals surface area contributed by atoms with Crippen LogP contribution >= 0.6 is 0 Å². The summed E-state index contributed by atoms with van der Waals surface area (Å²) >= 11 is 0. The molecule has 112 valence electrons. The van der Waals surface area contributed by atoms with Crippen molar-refractivity contribution in [2.45, 2.75) is 26.7 Å². The second-order valence-electron chi connectivity index (χ2n) is 4.93. The van der Waals surface area contributed by atoms with Gasteiger partial charge in [-0.05, 0) is 25.0 Å². The molecule has 0 saturated heterocycles. The zero-order valence-electron chi connectivity index (χ0n) is 12.8. The summed E-state index contributed by atoms with van der Waals surface area (Å²) in [5, 5.41) is 0. The van der Waals surface area contributed by atoms with E-state index in [9.17, 15) is 4.79 Å². The second-order valence-corrected chi connectivity index (χ2v) is 4.93. The van der Waals surface area contributed by atoms with Crippen molar-refractivity contribution < 1.29 is 14.3 Å². The van der Waals surface area contributed by atoms with Crippen LogP contribution in [-0.4, -0.2) is 29.7 Å². The molecule has 1 N–H and O–H groups in total. The molecule has 5 heteroatoms. The third-order valence-electron chi connectivity index (χ3n) is 3.22. The summed E-state index contributed by atoms with van der Waals surface area (Å²) in [6, 6.07) is 3.72. The number of aromatic nitrogens is 2. The van der Waals surface area contributed by atoms with Gasteiger partial charge >= 0.3 is 5.97 Å². The molecule has 0 fully saturated rings. The van der Waals surface area contributed by atoms with Crippen molar-refractivity contribution >= 4 is 5.97 Å². The summed E-state index contributed by atoms with van der Waals surface area (Å²) < 4.78 is 10.5. The van der Waals surface area contributed by atoms with Crippen LogP contribution in [0.25, 0.3) is 11.1 Å². The third-order valence-corrected chi connectivity index (χ3v) is 3.22. The predicted molar refractivity (Wildman–Crippen MR) is 80.6 cm³/mol. The van der Waals surface area contributed by atoms with Gasteiger partial charge in [-0.2, -0.15) is 0 Å². The molecule has 2 aromatic rings. The van der Waals surface area contributed by atoms with Crippen molar-refractivity contribution in [3.05, 3.63) is 35.8 Å². The first-order chi connectivity index (χ1) is 10.1. The van der Waals surface area contributed by atoms with Gasteiger partial charge in [-0.3, -0.25) is 0 Å². The van der Waals surface area contributed by atoms with E-state index in [2.05, 4.69) is 23.8 Å². The van der Waals surface area contributed by atoms with Crippen molar-refractivity contribution in [1.82, 2.24) is 9.97 Å². The van der Waals surface area contributed by atoms with Gasteiger partial charge in [0.15, 0.2) is 0 Å². The van der Waals surface area contributed by atoms with Crippen molar-refractivity contribution in [1.29, 1.82) is 0 Å². The van der Waals surface area contributed by atoms with Crippen LogP contribution in [0.1, 0.15) is 42.7 Å². The number of methoxy groups -OCH3 is 1. The maximum atomic E-state index is 12.2. The van der Waals surface area contributed by atoms with Gasteiger partial charge in [0, 0.05) is 29.2 Å². The highest BCUT2D eigenvalue weighted by molar-refractivity contribution is 5.99. The lowest BCUT2D eigenvalue weighted by atomic mass is 9.97. The van der Waals surface area contributed by atoms with E-state index >= 15 is 0 Å². The van der Waals surface area contributed by atoms with Crippen LogP contribution in [0, 0.1) is 0 Å². The lowest BCUT2D eigenvalue weighted by Crippen LogP contribution is -2.06. The maximum absolute atomic E-state index is 12.2. The number of esters is 1. The van der Waals surface area contributed by atoms with Crippen LogP contribution in [0.15, 0.2) is 24.5 Å². The van der Waals surface area contributed by atoms with Crippen molar-refractivity contribution in [2.24, 2.45) is 0 Å². The highest BCUT2D eigenvalue weighted by atomic mass is 16.5. The number of nitrogens with one attached hydrogen (secondary N) is 1. The number of carbonyl (C=O) groups is 1. The van der Waals surface area contributed by atoms with E-state index in [1.54, 1.807) is 26.4 Å². The van der Waals surface area contributed by atoms with Gasteiger partial charge in [-0.1, -0.05) is 13.8 Å². The van der Waals surface area contributed by atoms with Gasteiger partial charge in [0.1, 0.15) is 0 Å². The molecule has 0 saturated carbocycles. The molecule has 21 heavy (non-hydrogen) atoms. The van der Waals surface area contributed by atoms with Gasteiger partial charge in [-0.25, -0.2) is 9.78 Å². The molecule has 0 unspecified atom stereocenters. The zero-order valence-corrected chi connectivity index (χ0v) is 12.8. The Morgan fingerprint density at radius 3 is 2.81 bits per heavy atom. The van der Waals surface area contributed by atoms with E-state index < -0.39 is 0 Å². The Balaban J connectivity index is 2.64. The quantitative estimate of drug-likeness (QED) is 0.857. The summed E-state index contributed by atoms with van der Waals surface area (Å²) in [5.41, 5.74) is 3.05. The van der Waals surface area contributed by atoms with E-state index in [-0.39, 0.29) is 11.9 Å². The maximum Gasteiger partial charge on any atom is 0.340 e. The van der Waals surface area contributed by atoms with Crippen LogP contribution < -0.4 is 4.74 Å². The SMILES string of the molecule is CCOC(=O)c1c[nH]c(C(C)C)c1-c1cccnc1OC. The van der Waals surface area contributed by atoms with Crippen molar-refractivity contribution in [2.75, 3.05) is 13.7 Å². The molecule has 0 aliphatic heterocycles. The molecule has 0 aliphatic rings. The van der Waals surface area contributed by atoms with E-state index in [1.165, 1.54) is 0 Å². The minimum Gasteiger partial charge on any atom is -0.481 e. The van der Waals surface area contributed by atoms with E-state index in [0.29, 0.717) is 18.1 Å². The van der Waals surface area contributed by atoms with Crippen molar-refractivity contribution in [3.8, 4) is 17.0 Å². The van der Waals surface area contributed by atoms with Crippen LogP contribution in [0.4, 0.5) is 0 Å². The first kappa shape index (κ1) is 15.1. The normalized spacial score (nSPS) is 10.7. The molecule has 2 heterocycles. The second kappa shape index (κ2) is 6.43. The molecular weight excluding hydrogens is 268 g/mol. The Morgan fingerprint density at radius 2 is 2.19 bits per heavy atom. The molecule has 5 nitrogen and oxygen atoms in total. The van der Waals surface area contributed by atoms with Crippen LogP contribution in [0.3, 0.4) is 0 Å². The molecule has 0 atom stereocenters. The molecule has 0 aromatic carbocycles. The summed E-state index contributed by atoms with van der Waals surface area (Å²) in [6.07, 6.45) is 3.35. The van der Waals surface area contributed by atoms with Gasteiger partial charge in [0.25, 0.3) is 0 Å². The lowest BCUT2D eigenvalue weighted by molar-refractivity contribution is 0.0527. The minimum absolute atomic E-state index is 0.230. The average molecular weight is 288 g/mol. The highest BCUT2D eigenvalue weighted by Gasteiger charge is 2.23. The molecule has 2 rings (SSSR count). The monoisotopic (exact) mass is 288 g/mol. The largest absolute Gasteiger partial charge is 0.481 e. The average Bonchev–Trinajstić information content (AvgIpc) is 2.92. The van der Waals surface area contributed by atoms with Crippen molar-refractivity contribution in [3.63, 3.8) is 0 Å². The highest BCUT2D eigenvalue weighted by Crippen LogP contribution is 2.36. The zero-order chi connectivity index (χ0) is 15.4. The molecule has 0 aliphatic carbocycles. The Labute approximate surface area is 124 Å². The van der Waals surface area contributed by atoms with E-state index in [0.717, 1.165) is 16.8 Å². The molecular formula is C16H20N2O3. The smallest absolute Gasteiger partial charge is 0.340 e. The van der Waals surface area contributed by atoms with Gasteiger partial charge in [0.2, 0.25) is 5.88 Å². The molecule has 2 aromatic heterocycles. The standard InChI is InChI=1S/C16H20N2O3/c1-5-21-16(19)12-9-18-14(10(2)3)13(12)11-7-6-8-17-15(11)20-4/h6-10,18H,5H2,1-4H3. The molecule has 0 bridgehead atoms. The molecule has 0 amide bonds. The van der Waals surface area contributed by atoms with E-state index in [1.807, 2.05) is 12.1 Å². The number of carbonyl (C=O) groups excluding carboxylic acids is 1. The number of rotatable bonds is 5. The Kier molecular flexibility index (Phi) is 4.62. The van der Waals surface area contributed by atoms with Gasteiger partial charge < -0.3 is 14.5 Å². The number of hydrogen-bond donors (Lipinski definition) is 1. The van der Waals surface area contributed by atoms with Gasteiger partial charge in [-0.15, -0.1) is 0 Å². The fourth-order valence-electron chi connectivity index (χ4n) is 2.30. The Hall–Kier alpha value is -2.30. The van der Waals surface area contributed by atoms with Gasteiger partial charge in [0.05, 0.1) is 19.3 Å². The summed E-state index contributed by atoms with van der Waals surface area (Å²) in [5.74, 6) is 0.374. The van der Waals surface area contributed by atoms with Crippen LogP contribution in [0.5, 0.6) is 5.88 Å².